The van der Waals surface area contributed by atoms with E-state index >= 15 is 0 Å². The molecule has 0 unspecified atom stereocenters. The van der Waals surface area contributed by atoms with Gasteiger partial charge >= 0.3 is 0 Å². The normalized spacial score (nSPS) is 11.3. The molecule has 0 amide bonds. The van der Waals surface area contributed by atoms with Crippen molar-refractivity contribution in [2.24, 2.45) is 0 Å². The molecule has 2 aromatic carbocycles. The first kappa shape index (κ1) is 17.9. The Bertz CT molecular complexity index is 993. The molecule has 0 spiro atoms. The van der Waals surface area contributed by atoms with E-state index in [0.717, 1.165) is 4.90 Å². The van der Waals surface area contributed by atoms with Crippen LogP contribution in [0, 0.1) is 5.82 Å². The average molecular weight is 358 g/mol. The third-order valence-electron chi connectivity index (χ3n) is 4.13. The lowest BCUT2D eigenvalue weighted by atomic mass is 10.0. The number of aryl methyl sites for hydroxylation is 1. The summed E-state index contributed by atoms with van der Waals surface area (Å²) >= 11 is 0. The van der Waals surface area contributed by atoms with Gasteiger partial charge in [0, 0.05) is 0 Å². The van der Waals surface area contributed by atoms with E-state index in [1.807, 2.05) is 21.0 Å². The van der Waals surface area contributed by atoms with Gasteiger partial charge in [-0.3, -0.25) is 4.79 Å². The van der Waals surface area contributed by atoms with Crippen molar-refractivity contribution in [2.75, 3.05) is 14.1 Å². The van der Waals surface area contributed by atoms with E-state index in [1.165, 1.54) is 30.5 Å². The second kappa shape index (κ2) is 7.17. The second-order valence-electron chi connectivity index (χ2n) is 6.46. The zero-order chi connectivity index (χ0) is 18.8. The van der Waals surface area contributed by atoms with Crippen LogP contribution in [0.15, 0.2) is 45.8 Å². The zero-order valence-corrected chi connectivity index (χ0v) is 14.9. The molecule has 0 radical (unpaired) electrons. The molecule has 3 aromatic rings. The lowest BCUT2D eigenvalue weighted by Crippen LogP contribution is -3.04. The van der Waals surface area contributed by atoms with Crippen LogP contribution in [-0.4, -0.2) is 19.2 Å². The van der Waals surface area contributed by atoms with Crippen LogP contribution in [0.1, 0.15) is 18.1 Å². The maximum Gasteiger partial charge on any atom is 0.235 e. The predicted octanol–water partition coefficient (Wildman–Crippen LogP) is 2.64. The minimum atomic E-state index is -0.387. The molecule has 0 aliphatic rings. The first-order chi connectivity index (χ1) is 12.4. The number of fused-ring (bicyclic) bond motifs is 1. The SMILES string of the molecule is CCc1cc2c(=O)c(Oc3ccc(F)cc3)coc2c(C[NH+](C)C)c1O. The maximum absolute atomic E-state index is 13.0. The Labute approximate surface area is 150 Å². The van der Waals surface area contributed by atoms with Crippen LogP contribution in [0.2, 0.25) is 0 Å². The number of aromatic hydroxyl groups is 1. The number of hydrogen-bond donors (Lipinski definition) is 2. The summed E-state index contributed by atoms with van der Waals surface area (Å²) in [7, 11) is 3.90. The van der Waals surface area contributed by atoms with Crippen molar-refractivity contribution in [1.29, 1.82) is 0 Å². The van der Waals surface area contributed by atoms with Gasteiger partial charge in [0.15, 0.2) is 5.58 Å². The van der Waals surface area contributed by atoms with Gasteiger partial charge in [-0.15, -0.1) is 0 Å². The molecule has 2 N–H and O–H groups in total. The molecule has 3 rings (SSSR count). The van der Waals surface area contributed by atoms with Gasteiger partial charge in [-0.2, -0.15) is 0 Å². The Hall–Kier alpha value is -2.86. The summed E-state index contributed by atoms with van der Waals surface area (Å²) in [4.78, 5) is 14.0. The Morgan fingerprint density at radius 1 is 1.23 bits per heavy atom. The molecule has 1 heterocycles. The molecule has 0 saturated heterocycles. The smallest absolute Gasteiger partial charge is 0.235 e. The molecule has 0 bridgehead atoms. The van der Waals surface area contributed by atoms with Crippen molar-refractivity contribution < 1.29 is 23.6 Å². The monoisotopic (exact) mass is 358 g/mol. The summed E-state index contributed by atoms with van der Waals surface area (Å²) in [6.45, 7) is 2.42. The Balaban J connectivity index is 2.14. The fourth-order valence-electron chi connectivity index (χ4n) is 2.86. The number of benzene rings is 2. The van der Waals surface area contributed by atoms with Gasteiger partial charge in [-0.05, 0) is 42.3 Å². The van der Waals surface area contributed by atoms with Crippen LogP contribution in [0.25, 0.3) is 11.0 Å². The predicted molar refractivity (Wildman–Crippen MR) is 96.5 cm³/mol. The zero-order valence-electron chi connectivity index (χ0n) is 14.9. The molecule has 26 heavy (non-hydrogen) atoms. The Kier molecular flexibility index (Phi) is 4.95. The van der Waals surface area contributed by atoms with Gasteiger partial charge in [-0.1, -0.05) is 6.92 Å². The quantitative estimate of drug-likeness (QED) is 0.736. The third-order valence-corrected chi connectivity index (χ3v) is 4.13. The van der Waals surface area contributed by atoms with E-state index in [1.54, 1.807) is 6.07 Å². The van der Waals surface area contributed by atoms with Crippen LogP contribution in [0.5, 0.6) is 17.2 Å². The highest BCUT2D eigenvalue weighted by molar-refractivity contribution is 5.84. The largest absolute Gasteiger partial charge is 0.507 e. The van der Waals surface area contributed by atoms with Gasteiger partial charge in [0.1, 0.15) is 30.1 Å². The molecule has 0 aliphatic carbocycles. The molecule has 6 heteroatoms. The van der Waals surface area contributed by atoms with Crippen LogP contribution in [-0.2, 0) is 13.0 Å². The van der Waals surface area contributed by atoms with Gasteiger partial charge in [0.2, 0.25) is 11.2 Å². The second-order valence-corrected chi connectivity index (χ2v) is 6.46. The topological polar surface area (TPSA) is 64.1 Å². The number of phenolic OH excluding ortho intramolecular Hbond substituents is 1. The number of rotatable bonds is 5. The van der Waals surface area contributed by atoms with Crippen molar-refractivity contribution in [1.82, 2.24) is 0 Å². The van der Waals surface area contributed by atoms with Crippen LogP contribution in [0.3, 0.4) is 0 Å². The third kappa shape index (κ3) is 3.41. The molecule has 0 aliphatic heterocycles. The molecule has 136 valence electrons. The Morgan fingerprint density at radius 3 is 2.54 bits per heavy atom. The number of nitrogens with one attached hydrogen (secondary N) is 1. The molecule has 0 fully saturated rings. The van der Waals surface area contributed by atoms with Crippen molar-refractivity contribution in [3.05, 3.63) is 63.8 Å². The number of phenols is 1. The van der Waals surface area contributed by atoms with E-state index < -0.39 is 0 Å². The van der Waals surface area contributed by atoms with Gasteiger partial charge in [0.25, 0.3) is 0 Å². The van der Waals surface area contributed by atoms with E-state index in [-0.39, 0.29) is 22.7 Å². The van der Waals surface area contributed by atoms with Crippen molar-refractivity contribution in [3.63, 3.8) is 0 Å². The molecular formula is C20H21FNO4+. The van der Waals surface area contributed by atoms with E-state index in [9.17, 15) is 14.3 Å². The number of quaternary nitrogens is 1. The van der Waals surface area contributed by atoms with Crippen LogP contribution in [0.4, 0.5) is 4.39 Å². The van der Waals surface area contributed by atoms with Gasteiger partial charge in [0.05, 0.1) is 25.0 Å². The van der Waals surface area contributed by atoms with Crippen molar-refractivity contribution >= 4 is 11.0 Å². The molecule has 1 aromatic heterocycles. The van der Waals surface area contributed by atoms with Crippen LogP contribution >= 0.6 is 0 Å². The Morgan fingerprint density at radius 2 is 1.92 bits per heavy atom. The number of ether oxygens (including phenoxy) is 1. The molecule has 0 atom stereocenters. The van der Waals surface area contributed by atoms with Crippen molar-refractivity contribution in [3.8, 4) is 17.2 Å². The number of hydrogen-bond acceptors (Lipinski definition) is 4. The summed E-state index contributed by atoms with van der Waals surface area (Å²) in [6, 6.07) is 7.02. The average Bonchev–Trinajstić information content (AvgIpc) is 2.61. The first-order valence-electron chi connectivity index (χ1n) is 8.42. The minimum Gasteiger partial charge on any atom is -0.507 e. The number of halogens is 1. The van der Waals surface area contributed by atoms with Gasteiger partial charge < -0.3 is 19.2 Å². The summed E-state index contributed by atoms with van der Waals surface area (Å²) in [5, 5.41) is 10.9. The van der Waals surface area contributed by atoms with E-state index in [2.05, 4.69) is 0 Å². The minimum absolute atomic E-state index is 0.0139. The van der Waals surface area contributed by atoms with Crippen molar-refractivity contribution in [2.45, 2.75) is 19.9 Å². The fraction of sp³-hybridized carbons (Fsp3) is 0.250. The highest BCUT2D eigenvalue weighted by Crippen LogP contribution is 2.31. The first-order valence-corrected chi connectivity index (χ1v) is 8.42. The lowest BCUT2D eigenvalue weighted by Gasteiger charge is -2.14. The van der Waals surface area contributed by atoms with E-state index in [4.69, 9.17) is 9.15 Å². The van der Waals surface area contributed by atoms with Crippen LogP contribution < -0.4 is 15.1 Å². The van der Waals surface area contributed by atoms with E-state index in [0.29, 0.717) is 40.8 Å². The fourth-order valence-corrected chi connectivity index (χ4v) is 2.86. The summed E-state index contributed by atoms with van der Waals surface area (Å²) < 4.78 is 24.2. The highest BCUT2D eigenvalue weighted by atomic mass is 19.1. The lowest BCUT2D eigenvalue weighted by molar-refractivity contribution is -0.872. The molecule has 0 saturated carbocycles. The standard InChI is InChI=1S/C20H20FNO4/c1-4-12-9-15-19(24)17(26-14-7-5-13(21)6-8-14)11-25-20(15)16(18(12)23)10-22(2)3/h5-9,11,23H,4,10H2,1-3H3/p+1. The summed E-state index contributed by atoms with van der Waals surface area (Å²) in [6.07, 6.45) is 1.81. The molecular weight excluding hydrogens is 337 g/mol. The summed E-state index contributed by atoms with van der Waals surface area (Å²) in [5.74, 6) is 0.129. The maximum atomic E-state index is 13.0. The molecule has 5 nitrogen and oxygen atoms in total. The van der Waals surface area contributed by atoms with Gasteiger partial charge in [-0.25, -0.2) is 4.39 Å². The summed E-state index contributed by atoms with van der Waals surface area (Å²) in [5.41, 5.74) is 1.31. The highest BCUT2D eigenvalue weighted by Gasteiger charge is 2.20.